The first-order valence-corrected chi connectivity index (χ1v) is 16.0. The number of rotatable bonds is 16. The summed E-state index contributed by atoms with van der Waals surface area (Å²) in [6, 6.07) is 5.23. The SMILES string of the molecule is CCCC(NCCCN=C(C)N)c1c(F)cc(-n2cc3cc(-c4cc(CCCC(N)CO)cc(C(F)(F)F)c4F)[nH]c3nc2=O)cc1OC. The third-order valence-electron chi connectivity index (χ3n) is 8.10. The summed E-state index contributed by atoms with van der Waals surface area (Å²) in [6.45, 7) is 4.48. The predicted molar refractivity (Wildman–Crippen MR) is 179 cm³/mol. The summed E-state index contributed by atoms with van der Waals surface area (Å²) in [7, 11) is 1.39. The molecule has 0 saturated heterocycles. The van der Waals surface area contributed by atoms with E-state index < -0.39 is 35.1 Å². The Bertz CT molecular complexity index is 1830. The highest BCUT2D eigenvalue weighted by Crippen LogP contribution is 2.38. The Morgan fingerprint density at radius 2 is 1.92 bits per heavy atom. The first-order chi connectivity index (χ1) is 23.3. The van der Waals surface area contributed by atoms with Crippen LogP contribution in [0.3, 0.4) is 0 Å². The van der Waals surface area contributed by atoms with Gasteiger partial charge in [-0.15, -0.1) is 0 Å². The molecule has 4 aromatic rings. The van der Waals surface area contributed by atoms with E-state index in [4.69, 9.17) is 21.3 Å². The number of nitrogens with one attached hydrogen (secondary N) is 2. The fourth-order valence-electron chi connectivity index (χ4n) is 5.69. The molecule has 49 heavy (non-hydrogen) atoms. The van der Waals surface area contributed by atoms with Crippen molar-refractivity contribution in [2.45, 2.75) is 70.6 Å². The van der Waals surface area contributed by atoms with Crippen molar-refractivity contribution in [3.05, 3.63) is 75.3 Å². The van der Waals surface area contributed by atoms with Crippen molar-refractivity contribution < 1.29 is 31.8 Å². The maximum absolute atomic E-state index is 15.8. The van der Waals surface area contributed by atoms with Gasteiger partial charge in [0.2, 0.25) is 0 Å². The van der Waals surface area contributed by atoms with Crippen LogP contribution in [-0.2, 0) is 12.6 Å². The zero-order valence-corrected chi connectivity index (χ0v) is 27.6. The molecule has 10 nitrogen and oxygen atoms in total. The summed E-state index contributed by atoms with van der Waals surface area (Å²) in [4.78, 5) is 24.1. The van der Waals surface area contributed by atoms with Gasteiger partial charge >= 0.3 is 11.9 Å². The van der Waals surface area contributed by atoms with E-state index in [1.807, 2.05) is 6.92 Å². The monoisotopic (exact) mass is 691 g/mol. The Morgan fingerprint density at radius 3 is 2.57 bits per heavy atom. The summed E-state index contributed by atoms with van der Waals surface area (Å²) in [5.41, 5.74) is 9.31. The highest BCUT2D eigenvalue weighted by Gasteiger charge is 2.36. The van der Waals surface area contributed by atoms with Crippen LogP contribution in [0.5, 0.6) is 5.75 Å². The number of alkyl halides is 3. The number of ether oxygens (including phenoxy) is 1. The van der Waals surface area contributed by atoms with Crippen LogP contribution >= 0.6 is 0 Å². The number of benzene rings is 2. The van der Waals surface area contributed by atoms with Gasteiger partial charge in [0.15, 0.2) is 0 Å². The highest BCUT2D eigenvalue weighted by molar-refractivity contribution is 5.83. The van der Waals surface area contributed by atoms with Crippen molar-refractivity contribution in [2.75, 3.05) is 26.8 Å². The molecule has 7 N–H and O–H groups in total. The van der Waals surface area contributed by atoms with Crippen molar-refractivity contribution in [2.24, 2.45) is 16.5 Å². The van der Waals surface area contributed by atoms with E-state index in [2.05, 4.69) is 20.3 Å². The number of aryl methyl sites for hydroxylation is 1. The molecule has 2 heterocycles. The minimum atomic E-state index is -4.97. The molecule has 0 aliphatic carbocycles. The number of aliphatic hydroxyl groups excluding tert-OH is 1. The molecule has 0 radical (unpaired) electrons. The average Bonchev–Trinajstić information content (AvgIpc) is 3.45. The smallest absolute Gasteiger partial charge is 0.419 e. The molecule has 4 rings (SSSR count). The third-order valence-corrected chi connectivity index (χ3v) is 8.10. The molecule has 2 aromatic heterocycles. The van der Waals surface area contributed by atoms with E-state index >= 15 is 8.78 Å². The molecule has 15 heteroatoms. The molecular weight excluding hydrogens is 649 g/mol. The first kappa shape index (κ1) is 37.5. The number of aliphatic imine (C=N–C) groups is 1. The number of H-pyrrole nitrogens is 1. The van der Waals surface area contributed by atoms with Crippen LogP contribution in [0.2, 0.25) is 0 Å². The van der Waals surface area contributed by atoms with Crippen molar-refractivity contribution in [1.82, 2.24) is 19.9 Å². The van der Waals surface area contributed by atoms with Gasteiger partial charge in [-0.2, -0.15) is 18.2 Å². The molecule has 0 aliphatic heterocycles. The van der Waals surface area contributed by atoms with E-state index in [1.165, 1.54) is 37.6 Å². The molecule has 2 unspecified atom stereocenters. The van der Waals surface area contributed by atoms with Gasteiger partial charge in [-0.3, -0.25) is 9.56 Å². The van der Waals surface area contributed by atoms with Gasteiger partial charge in [-0.25, -0.2) is 13.6 Å². The lowest BCUT2D eigenvalue weighted by Gasteiger charge is -2.22. The Hall–Kier alpha value is -4.34. The van der Waals surface area contributed by atoms with Crippen molar-refractivity contribution in [3.63, 3.8) is 0 Å². The van der Waals surface area contributed by atoms with Crippen LogP contribution in [-0.4, -0.2) is 58.3 Å². The van der Waals surface area contributed by atoms with Gasteiger partial charge in [0, 0.05) is 47.4 Å². The van der Waals surface area contributed by atoms with E-state index in [0.29, 0.717) is 50.2 Å². The van der Waals surface area contributed by atoms with Crippen molar-refractivity contribution in [1.29, 1.82) is 0 Å². The highest BCUT2D eigenvalue weighted by atomic mass is 19.4. The van der Waals surface area contributed by atoms with Crippen LogP contribution in [0.4, 0.5) is 22.0 Å². The molecule has 0 spiro atoms. The second-order valence-corrected chi connectivity index (χ2v) is 11.9. The fraction of sp³-hybridized carbons (Fsp3) is 0.441. The van der Waals surface area contributed by atoms with Gasteiger partial charge in [-0.05, 0) is 75.4 Å². The van der Waals surface area contributed by atoms with Gasteiger partial charge in [0.25, 0.3) is 0 Å². The van der Waals surface area contributed by atoms with Crippen LogP contribution in [0.1, 0.15) is 68.7 Å². The number of halogens is 5. The van der Waals surface area contributed by atoms with Gasteiger partial charge < -0.3 is 31.6 Å². The Balaban J connectivity index is 1.71. The number of nitrogens with zero attached hydrogens (tertiary/aromatic N) is 3. The lowest BCUT2D eigenvalue weighted by Crippen LogP contribution is -2.25. The number of fused-ring (bicyclic) bond motifs is 1. The number of methoxy groups -OCH3 is 1. The summed E-state index contributed by atoms with van der Waals surface area (Å²) in [5, 5.41) is 12.8. The third kappa shape index (κ3) is 9.22. The van der Waals surface area contributed by atoms with E-state index in [-0.39, 0.29) is 58.4 Å². The van der Waals surface area contributed by atoms with Gasteiger partial charge in [0.05, 0.1) is 36.5 Å². The average molecular weight is 692 g/mol. The van der Waals surface area contributed by atoms with E-state index in [0.717, 1.165) is 17.1 Å². The number of aromatic nitrogens is 3. The molecule has 0 bridgehead atoms. The quantitative estimate of drug-likeness (QED) is 0.0448. The number of nitrogens with two attached hydrogens (primary N) is 2. The zero-order valence-electron chi connectivity index (χ0n) is 27.6. The number of aliphatic hydroxyl groups is 1. The van der Waals surface area contributed by atoms with Crippen molar-refractivity contribution >= 4 is 16.9 Å². The summed E-state index contributed by atoms with van der Waals surface area (Å²) >= 11 is 0. The minimum absolute atomic E-state index is 0.00830. The van der Waals surface area contributed by atoms with Gasteiger partial charge in [-0.1, -0.05) is 13.3 Å². The topological polar surface area (TPSA) is 157 Å². The molecule has 0 amide bonds. The van der Waals surface area contributed by atoms with Crippen molar-refractivity contribution in [3.8, 4) is 22.7 Å². The lowest BCUT2D eigenvalue weighted by atomic mass is 9.98. The normalized spacial score (nSPS) is 13.6. The summed E-state index contributed by atoms with van der Waals surface area (Å²) < 4.78 is 79.4. The Kier molecular flexibility index (Phi) is 12.5. The molecular formula is C34H42F5N7O3. The number of aromatic amines is 1. The predicted octanol–water partition coefficient (Wildman–Crippen LogP) is 5.53. The minimum Gasteiger partial charge on any atom is -0.496 e. The van der Waals surface area contributed by atoms with E-state index in [1.54, 1.807) is 6.92 Å². The van der Waals surface area contributed by atoms with Crippen LogP contribution in [0.15, 0.2) is 46.3 Å². The standard InChI is InChI=1S/C34H42F5N7O3/c1-4-7-27(43-11-6-10-42-19(2)40)30-26(35)15-23(16-29(30)49-3)46-17-21-14-28(44-32(21)45-33(46)48)24-12-20(8-5-9-22(41)18-47)13-25(31(24)36)34(37,38)39/h12-17,22,27,43,47H,4-11,18,41H2,1-3H3,(H2,40,42)(H,44,45,48). The van der Waals surface area contributed by atoms with Crippen LogP contribution in [0.25, 0.3) is 28.0 Å². The molecule has 0 saturated carbocycles. The largest absolute Gasteiger partial charge is 0.496 e. The summed E-state index contributed by atoms with van der Waals surface area (Å²) in [6.07, 6.45) is -0.683. The van der Waals surface area contributed by atoms with E-state index in [9.17, 15) is 18.0 Å². The molecule has 0 aliphatic rings. The number of hydrogen-bond donors (Lipinski definition) is 5. The first-order valence-electron chi connectivity index (χ1n) is 16.0. The second-order valence-electron chi connectivity index (χ2n) is 11.9. The van der Waals surface area contributed by atoms with Gasteiger partial charge in [0.1, 0.15) is 23.0 Å². The molecule has 2 atom stereocenters. The second kappa shape index (κ2) is 16.4. The maximum Gasteiger partial charge on any atom is 0.419 e. The maximum atomic E-state index is 15.8. The van der Waals surface area contributed by atoms with Crippen LogP contribution in [0, 0.1) is 11.6 Å². The Labute approximate surface area is 280 Å². The summed E-state index contributed by atoms with van der Waals surface area (Å²) in [5.74, 6) is -1.41. The number of hydrogen-bond acceptors (Lipinski definition) is 7. The fourth-order valence-corrected chi connectivity index (χ4v) is 5.69. The molecule has 2 aromatic carbocycles. The molecule has 266 valence electrons. The number of amidine groups is 1. The molecule has 0 fully saturated rings. The zero-order chi connectivity index (χ0) is 35.9. The lowest BCUT2D eigenvalue weighted by molar-refractivity contribution is -0.140. The van der Waals surface area contributed by atoms with Crippen LogP contribution < -0.4 is 27.2 Å². The Morgan fingerprint density at radius 1 is 1.16 bits per heavy atom.